The summed E-state index contributed by atoms with van der Waals surface area (Å²) in [6.45, 7) is 0. The first-order chi connectivity index (χ1) is 5.90. The maximum absolute atomic E-state index is 10.7. The Hall–Kier alpha value is -1.11. The molecule has 3 aliphatic carbocycles. The molecule has 0 spiro atoms. The van der Waals surface area contributed by atoms with Crippen LogP contribution in [0.25, 0.3) is 0 Å². The van der Waals surface area contributed by atoms with Crippen molar-refractivity contribution in [2.24, 2.45) is 5.92 Å². The first-order valence-electron chi connectivity index (χ1n) is 4.49. The Bertz CT molecular complexity index is 355. The lowest BCUT2D eigenvalue weighted by molar-refractivity contribution is -0.110. The summed E-state index contributed by atoms with van der Waals surface area (Å²) >= 11 is 0. The van der Waals surface area contributed by atoms with Gasteiger partial charge in [-0.3, -0.25) is 0 Å². The molecule has 1 saturated carbocycles. The van der Waals surface area contributed by atoms with Gasteiger partial charge in [0.2, 0.25) is 0 Å². The summed E-state index contributed by atoms with van der Waals surface area (Å²) in [6, 6.07) is 0. The number of hydrogen-bond acceptors (Lipinski definition) is 1. The van der Waals surface area contributed by atoms with Crippen LogP contribution in [0.15, 0.2) is 34.4 Å². The highest BCUT2D eigenvalue weighted by atomic mass is 16.1. The molecule has 1 fully saturated rings. The fourth-order valence-corrected chi connectivity index (χ4v) is 2.62. The van der Waals surface area contributed by atoms with Gasteiger partial charge in [0, 0.05) is 5.92 Å². The number of carbonyl (C=O) groups is 1. The van der Waals surface area contributed by atoms with Crippen molar-refractivity contribution in [2.75, 3.05) is 0 Å². The number of allylic oxidation sites excluding steroid dienone is 6. The van der Waals surface area contributed by atoms with Crippen molar-refractivity contribution in [1.82, 2.24) is 0 Å². The van der Waals surface area contributed by atoms with Gasteiger partial charge in [0.15, 0.2) is 0 Å². The van der Waals surface area contributed by atoms with Crippen molar-refractivity contribution in [3.8, 4) is 0 Å². The van der Waals surface area contributed by atoms with Crippen molar-refractivity contribution < 1.29 is 4.79 Å². The minimum Gasteiger partial charge on any atom is -0.303 e. The SMILES string of the molecule is O=C[C@H]1CCC2=C3C=CC(=C21)C3. The van der Waals surface area contributed by atoms with E-state index in [2.05, 4.69) is 12.2 Å². The molecule has 0 aliphatic heterocycles. The van der Waals surface area contributed by atoms with Gasteiger partial charge in [-0.25, -0.2) is 0 Å². The van der Waals surface area contributed by atoms with Crippen molar-refractivity contribution in [3.63, 3.8) is 0 Å². The molecular formula is C11H10O. The molecule has 0 amide bonds. The Labute approximate surface area is 71.5 Å². The van der Waals surface area contributed by atoms with Gasteiger partial charge >= 0.3 is 0 Å². The van der Waals surface area contributed by atoms with Crippen LogP contribution in [0.1, 0.15) is 19.3 Å². The van der Waals surface area contributed by atoms with Crippen LogP contribution in [-0.2, 0) is 4.79 Å². The zero-order valence-electron chi connectivity index (χ0n) is 6.84. The molecule has 0 aromatic heterocycles. The van der Waals surface area contributed by atoms with Crippen molar-refractivity contribution >= 4 is 6.29 Å². The number of fused-ring (bicyclic) bond motifs is 3. The molecule has 12 heavy (non-hydrogen) atoms. The van der Waals surface area contributed by atoms with E-state index >= 15 is 0 Å². The van der Waals surface area contributed by atoms with Gasteiger partial charge in [0.25, 0.3) is 0 Å². The third-order valence-electron chi connectivity index (χ3n) is 3.17. The van der Waals surface area contributed by atoms with Crippen LogP contribution in [-0.4, -0.2) is 6.29 Å². The second kappa shape index (κ2) is 1.98. The summed E-state index contributed by atoms with van der Waals surface area (Å²) in [5.41, 5.74) is 5.76. The molecule has 2 bridgehead atoms. The Morgan fingerprint density at radius 1 is 1.33 bits per heavy atom. The normalized spacial score (nSPS) is 30.5. The van der Waals surface area contributed by atoms with Crippen LogP contribution in [0.5, 0.6) is 0 Å². The molecular weight excluding hydrogens is 148 g/mol. The second-order valence-corrected chi connectivity index (χ2v) is 3.73. The number of carbonyl (C=O) groups excluding carboxylic acids is 1. The van der Waals surface area contributed by atoms with Crippen molar-refractivity contribution in [1.29, 1.82) is 0 Å². The van der Waals surface area contributed by atoms with E-state index in [0.717, 1.165) is 25.5 Å². The average molecular weight is 158 g/mol. The number of aldehydes is 1. The molecule has 0 saturated heterocycles. The second-order valence-electron chi connectivity index (χ2n) is 3.73. The Morgan fingerprint density at radius 3 is 3.00 bits per heavy atom. The molecule has 0 aromatic carbocycles. The maximum atomic E-state index is 10.7. The monoisotopic (exact) mass is 158 g/mol. The minimum absolute atomic E-state index is 0.220. The van der Waals surface area contributed by atoms with E-state index in [4.69, 9.17) is 0 Å². The largest absolute Gasteiger partial charge is 0.303 e. The average Bonchev–Trinajstić information content (AvgIpc) is 2.76. The van der Waals surface area contributed by atoms with Crippen molar-refractivity contribution in [3.05, 3.63) is 34.4 Å². The van der Waals surface area contributed by atoms with E-state index < -0.39 is 0 Å². The lowest BCUT2D eigenvalue weighted by Crippen LogP contribution is -1.99. The van der Waals surface area contributed by atoms with Gasteiger partial charge in [0.05, 0.1) is 0 Å². The van der Waals surface area contributed by atoms with Gasteiger partial charge in [-0.05, 0) is 41.6 Å². The maximum Gasteiger partial charge on any atom is 0.127 e. The zero-order chi connectivity index (χ0) is 8.13. The van der Waals surface area contributed by atoms with E-state index in [-0.39, 0.29) is 5.92 Å². The molecule has 1 nitrogen and oxygen atoms in total. The van der Waals surface area contributed by atoms with Gasteiger partial charge < -0.3 is 4.79 Å². The van der Waals surface area contributed by atoms with Crippen LogP contribution >= 0.6 is 0 Å². The third-order valence-corrected chi connectivity index (χ3v) is 3.17. The van der Waals surface area contributed by atoms with Crippen molar-refractivity contribution in [2.45, 2.75) is 19.3 Å². The molecule has 3 aliphatic rings. The highest BCUT2D eigenvalue weighted by Gasteiger charge is 2.34. The third kappa shape index (κ3) is 0.580. The Morgan fingerprint density at radius 2 is 2.17 bits per heavy atom. The predicted octanol–water partition coefficient (Wildman–Crippen LogP) is 2.16. The minimum atomic E-state index is 0.220. The summed E-state index contributed by atoms with van der Waals surface area (Å²) in [5, 5.41) is 0. The molecule has 0 unspecified atom stereocenters. The molecule has 0 radical (unpaired) electrons. The van der Waals surface area contributed by atoms with Crippen LogP contribution in [0.2, 0.25) is 0 Å². The lowest BCUT2D eigenvalue weighted by atomic mass is 9.99. The van der Waals surface area contributed by atoms with Gasteiger partial charge in [0.1, 0.15) is 6.29 Å². The van der Waals surface area contributed by atoms with E-state index in [9.17, 15) is 4.79 Å². The summed E-state index contributed by atoms with van der Waals surface area (Å²) in [7, 11) is 0. The molecule has 0 N–H and O–H groups in total. The van der Waals surface area contributed by atoms with Crippen LogP contribution in [0.3, 0.4) is 0 Å². The summed E-state index contributed by atoms with van der Waals surface area (Å²) in [4.78, 5) is 10.7. The first-order valence-corrected chi connectivity index (χ1v) is 4.49. The lowest BCUT2D eigenvalue weighted by Gasteiger charge is -2.05. The quantitative estimate of drug-likeness (QED) is 0.534. The van der Waals surface area contributed by atoms with Gasteiger partial charge in [-0.2, -0.15) is 0 Å². The van der Waals surface area contributed by atoms with E-state index in [1.165, 1.54) is 22.3 Å². The Balaban J connectivity index is 2.20. The summed E-state index contributed by atoms with van der Waals surface area (Å²) < 4.78 is 0. The van der Waals surface area contributed by atoms with E-state index in [1.54, 1.807) is 0 Å². The molecule has 0 heterocycles. The van der Waals surface area contributed by atoms with Crippen LogP contribution in [0.4, 0.5) is 0 Å². The standard InChI is InChI=1S/C11H10O/c12-6-9-3-4-10-7-1-2-8(5-7)11(9)10/h1-2,6,9H,3-5H2/t9-/m1/s1. The Kier molecular flexibility index (Phi) is 1.06. The van der Waals surface area contributed by atoms with Gasteiger partial charge in [-0.1, -0.05) is 12.2 Å². The molecule has 1 heteroatoms. The summed E-state index contributed by atoms with van der Waals surface area (Å²) in [6.07, 6.45) is 8.78. The summed E-state index contributed by atoms with van der Waals surface area (Å²) in [5.74, 6) is 0.220. The highest BCUT2D eigenvalue weighted by molar-refractivity contribution is 5.72. The predicted molar refractivity (Wildman–Crippen MR) is 46.6 cm³/mol. The van der Waals surface area contributed by atoms with Crippen LogP contribution < -0.4 is 0 Å². The molecule has 0 aromatic rings. The van der Waals surface area contributed by atoms with E-state index in [0.29, 0.717) is 0 Å². The topological polar surface area (TPSA) is 17.1 Å². The first kappa shape index (κ1) is 6.41. The van der Waals surface area contributed by atoms with Gasteiger partial charge in [-0.15, -0.1) is 0 Å². The zero-order valence-corrected chi connectivity index (χ0v) is 6.84. The highest BCUT2D eigenvalue weighted by Crippen LogP contribution is 2.49. The number of rotatable bonds is 1. The molecule has 1 atom stereocenters. The van der Waals surface area contributed by atoms with Crippen LogP contribution in [0, 0.1) is 5.92 Å². The molecule has 60 valence electrons. The van der Waals surface area contributed by atoms with E-state index in [1.807, 2.05) is 0 Å². The molecule has 3 rings (SSSR count). The fourth-order valence-electron chi connectivity index (χ4n) is 2.62. The number of hydrogen-bond donors (Lipinski definition) is 0. The smallest absolute Gasteiger partial charge is 0.127 e. The fraction of sp³-hybridized carbons (Fsp3) is 0.364.